The summed E-state index contributed by atoms with van der Waals surface area (Å²) in [4.78, 5) is 24.3. The lowest BCUT2D eigenvalue weighted by Crippen LogP contribution is -2.22. The lowest BCUT2D eigenvalue weighted by atomic mass is 9.90. The van der Waals surface area contributed by atoms with Crippen molar-refractivity contribution in [3.05, 3.63) is 64.7 Å². The predicted octanol–water partition coefficient (Wildman–Crippen LogP) is 4.99. The average Bonchev–Trinajstić information content (AvgIpc) is 3.13. The normalized spacial score (nSPS) is 31.6. The molecule has 1 heterocycles. The van der Waals surface area contributed by atoms with Crippen LogP contribution in [0.1, 0.15) is 44.6 Å². The molecule has 0 unspecified atom stereocenters. The minimum absolute atomic E-state index is 0.0823. The summed E-state index contributed by atoms with van der Waals surface area (Å²) in [6.45, 7) is 1.88. The number of carbonyl (C=O) groups excluding carboxylic acids is 2. The second-order valence-corrected chi connectivity index (χ2v) is 9.02. The Bertz CT molecular complexity index is 859. The molecular weight excluding hydrogens is 460 g/mol. The fraction of sp³-hybridized carbons (Fsp3) is 0.440. The van der Waals surface area contributed by atoms with Gasteiger partial charge in [0.05, 0.1) is 12.2 Å². The maximum absolute atomic E-state index is 12.3. The van der Waals surface area contributed by atoms with Crippen molar-refractivity contribution in [3.63, 3.8) is 0 Å². The van der Waals surface area contributed by atoms with Crippen LogP contribution in [0.25, 0.3) is 6.08 Å². The first-order chi connectivity index (χ1) is 14.9. The van der Waals surface area contributed by atoms with E-state index in [-0.39, 0.29) is 24.0 Å². The van der Waals surface area contributed by atoms with Crippen molar-refractivity contribution in [1.29, 1.82) is 0 Å². The van der Waals surface area contributed by atoms with Crippen LogP contribution < -0.4 is 0 Å². The molecule has 1 aromatic carbocycles. The van der Waals surface area contributed by atoms with Gasteiger partial charge in [0, 0.05) is 16.6 Å². The number of allylic oxidation sites excluding steroid dienone is 2. The molecule has 31 heavy (non-hydrogen) atoms. The number of carbonyl (C=O) groups is 2. The smallest absolute Gasteiger partial charge is 0.331 e. The van der Waals surface area contributed by atoms with Crippen LogP contribution in [-0.4, -0.2) is 35.4 Å². The van der Waals surface area contributed by atoms with Gasteiger partial charge in [0.1, 0.15) is 6.10 Å². The largest absolute Gasteiger partial charge is 0.460 e. The Balaban J connectivity index is 1.64. The van der Waals surface area contributed by atoms with Crippen molar-refractivity contribution in [2.45, 2.75) is 57.3 Å². The molecule has 1 aliphatic carbocycles. The Morgan fingerprint density at radius 2 is 2.06 bits per heavy atom. The second kappa shape index (κ2) is 11.4. The van der Waals surface area contributed by atoms with Crippen LogP contribution in [-0.2, 0) is 19.1 Å². The third kappa shape index (κ3) is 7.18. The third-order valence-electron chi connectivity index (χ3n) is 5.76. The summed E-state index contributed by atoms with van der Waals surface area (Å²) in [5, 5.41) is 10.7. The fourth-order valence-electron chi connectivity index (χ4n) is 4.15. The van der Waals surface area contributed by atoms with E-state index in [1.165, 1.54) is 18.2 Å². The van der Waals surface area contributed by atoms with Crippen molar-refractivity contribution < 1.29 is 24.2 Å². The number of hydrogen-bond donors (Lipinski definition) is 1. The number of halogens is 1. The predicted molar refractivity (Wildman–Crippen MR) is 123 cm³/mol. The molecule has 0 radical (unpaired) electrons. The number of benzene rings is 1. The van der Waals surface area contributed by atoms with Crippen molar-refractivity contribution >= 4 is 33.9 Å². The van der Waals surface area contributed by atoms with Crippen LogP contribution in [0.15, 0.2) is 59.1 Å². The SMILES string of the molecule is C[C@H]1CCC/C=C/[C@@H]2C[C@H](OC(=O)/C=C/c3ccccc3Br)C[C@H]2[C@H](O)/C=C/C(=O)O1. The molecule has 5 atom stereocenters. The van der Waals surface area contributed by atoms with E-state index < -0.39 is 18.0 Å². The maximum Gasteiger partial charge on any atom is 0.331 e. The first kappa shape index (κ1) is 23.5. The first-order valence-electron chi connectivity index (χ1n) is 10.8. The van der Waals surface area contributed by atoms with Crippen LogP contribution in [0, 0.1) is 11.8 Å². The monoisotopic (exact) mass is 488 g/mol. The molecular formula is C25H29BrO5. The van der Waals surface area contributed by atoms with Crippen molar-refractivity contribution in [3.8, 4) is 0 Å². The lowest BCUT2D eigenvalue weighted by Gasteiger charge is -2.19. The molecule has 1 aliphatic heterocycles. The van der Waals surface area contributed by atoms with Gasteiger partial charge < -0.3 is 14.6 Å². The zero-order valence-electron chi connectivity index (χ0n) is 17.7. The van der Waals surface area contributed by atoms with Gasteiger partial charge in [0.15, 0.2) is 0 Å². The van der Waals surface area contributed by atoms with E-state index in [4.69, 9.17) is 9.47 Å². The molecule has 0 aromatic heterocycles. The van der Waals surface area contributed by atoms with Gasteiger partial charge >= 0.3 is 11.9 Å². The van der Waals surface area contributed by atoms with Crippen LogP contribution in [0.2, 0.25) is 0 Å². The number of aliphatic hydroxyl groups is 1. The van der Waals surface area contributed by atoms with E-state index in [2.05, 4.69) is 28.1 Å². The molecule has 0 bridgehead atoms. The standard InChI is InChI=1S/C25H29BrO5/c1-17-7-3-2-4-9-19-15-20(16-21(19)23(27)12-14-24(28)30-17)31-25(29)13-11-18-8-5-6-10-22(18)26/h4-6,8-14,17,19-21,23,27H,2-3,7,15-16H2,1H3/b9-4+,13-11+,14-12+/t17-,19+,20-,21+,23+/m0/s1. The molecule has 166 valence electrons. The molecule has 1 saturated carbocycles. The zero-order valence-corrected chi connectivity index (χ0v) is 19.2. The van der Waals surface area contributed by atoms with Crippen LogP contribution in [0.3, 0.4) is 0 Å². The molecule has 0 amide bonds. The van der Waals surface area contributed by atoms with Crippen LogP contribution in [0.5, 0.6) is 0 Å². The van der Waals surface area contributed by atoms with Gasteiger partial charge in [-0.05, 0) is 74.6 Å². The topological polar surface area (TPSA) is 72.8 Å². The molecule has 1 aromatic rings. The number of esters is 2. The van der Waals surface area contributed by atoms with Crippen LogP contribution in [0.4, 0.5) is 0 Å². The molecule has 1 fully saturated rings. The molecule has 0 saturated heterocycles. The van der Waals surface area contributed by atoms with Crippen molar-refractivity contribution in [2.24, 2.45) is 11.8 Å². The van der Waals surface area contributed by atoms with Crippen molar-refractivity contribution in [2.75, 3.05) is 0 Å². The van der Waals surface area contributed by atoms with Gasteiger partial charge in [-0.15, -0.1) is 0 Å². The van der Waals surface area contributed by atoms with E-state index in [0.717, 1.165) is 29.3 Å². The summed E-state index contributed by atoms with van der Waals surface area (Å²) in [5.41, 5.74) is 0.896. The average molecular weight is 489 g/mol. The van der Waals surface area contributed by atoms with E-state index in [1.807, 2.05) is 31.2 Å². The molecule has 2 aliphatic rings. The highest BCUT2D eigenvalue weighted by atomic mass is 79.9. The highest BCUT2D eigenvalue weighted by Gasteiger charge is 2.38. The Labute approximate surface area is 191 Å². The number of fused-ring (bicyclic) bond motifs is 1. The number of aliphatic hydroxyl groups excluding tert-OH is 1. The molecule has 1 N–H and O–H groups in total. The van der Waals surface area contributed by atoms with Gasteiger partial charge in [-0.25, -0.2) is 9.59 Å². The Kier molecular flexibility index (Phi) is 8.67. The van der Waals surface area contributed by atoms with E-state index in [1.54, 1.807) is 6.08 Å². The van der Waals surface area contributed by atoms with Crippen LogP contribution >= 0.6 is 15.9 Å². The Morgan fingerprint density at radius 1 is 1.26 bits per heavy atom. The summed E-state index contributed by atoms with van der Waals surface area (Å²) in [5.74, 6) is -0.878. The van der Waals surface area contributed by atoms with Crippen molar-refractivity contribution in [1.82, 2.24) is 0 Å². The maximum atomic E-state index is 12.3. The van der Waals surface area contributed by atoms with E-state index >= 15 is 0 Å². The molecule has 3 rings (SSSR count). The third-order valence-corrected chi connectivity index (χ3v) is 6.48. The summed E-state index contributed by atoms with van der Waals surface area (Å²) >= 11 is 3.46. The number of ether oxygens (including phenoxy) is 2. The molecule has 5 nitrogen and oxygen atoms in total. The number of hydrogen-bond acceptors (Lipinski definition) is 5. The highest BCUT2D eigenvalue weighted by molar-refractivity contribution is 9.10. The Morgan fingerprint density at radius 3 is 2.87 bits per heavy atom. The van der Waals surface area contributed by atoms with Gasteiger partial charge in [-0.3, -0.25) is 0 Å². The molecule has 6 heteroatoms. The quantitative estimate of drug-likeness (QED) is 0.368. The number of cyclic esters (lactones) is 1. The number of rotatable bonds is 3. The zero-order chi connectivity index (χ0) is 22.2. The van der Waals surface area contributed by atoms with Gasteiger partial charge in [0.2, 0.25) is 0 Å². The van der Waals surface area contributed by atoms with Gasteiger partial charge in [0.25, 0.3) is 0 Å². The second-order valence-electron chi connectivity index (χ2n) is 8.17. The lowest BCUT2D eigenvalue weighted by molar-refractivity contribution is -0.143. The summed E-state index contributed by atoms with van der Waals surface area (Å²) in [7, 11) is 0. The minimum atomic E-state index is -0.808. The first-order valence-corrected chi connectivity index (χ1v) is 11.6. The summed E-state index contributed by atoms with van der Waals surface area (Å²) in [6, 6.07) is 7.63. The van der Waals surface area contributed by atoms with Gasteiger partial charge in [-0.2, -0.15) is 0 Å². The summed E-state index contributed by atoms with van der Waals surface area (Å²) < 4.78 is 11.9. The minimum Gasteiger partial charge on any atom is -0.460 e. The van der Waals surface area contributed by atoms with E-state index in [0.29, 0.717) is 12.8 Å². The van der Waals surface area contributed by atoms with E-state index in [9.17, 15) is 14.7 Å². The van der Waals surface area contributed by atoms with Gasteiger partial charge in [-0.1, -0.05) is 46.3 Å². The Hall–Kier alpha value is -2.18. The highest BCUT2D eigenvalue weighted by Crippen LogP contribution is 2.38. The fourth-order valence-corrected chi connectivity index (χ4v) is 4.56. The summed E-state index contributed by atoms with van der Waals surface area (Å²) in [6.07, 6.45) is 12.8. The molecule has 0 spiro atoms.